The van der Waals surface area contributed by atoms with Crippen molar-refractivity contribution in [3.63, 3.8) is 0 Å². The number of carbonyl (C=O) groups excluding carboxylic acids is 1. The third-order valence-electron chi connectivity index (χ3n) is 4.32. The molecule has 1 aromatic carbocycles. The number of rotatable bonds is 3. The van der Waals surface area contributed by atoms with E-state index in [1.54, 1.807) is 12.1 Å². The molecule has 0 heterocycles. The van der Waals surface area contributed by atoms with Crippen LogP contribution in [0.1, 0.15) is 48.5 Å². The van der Waals surface area contributed by atoms with Crippen LogP contribution in [0, 0.1) is 12.8 Å². The molecule has 0 radical (unpaired) electrons. The fourth-order valence-electron chi connectivity index (χ4n) is 2.81. The molecule has 0 unspecified atom stereocenters. The molecular weight excluding hydrogens is 334 g/mol. The zero-order valence-electron chi connectivity index (χ0n) is 12.3. The summed E-state index contributed by atoms with van der Waals surface area (Å²) in [6.45, 7) is 3.96. The van der Waals surface area contributed by atoms with Crippen LogP contribution in [0.25, 0.3) is 0 Å². The maximum atomic E-state index is 12.4. The summed E-state index contributed by atoms with van der Waals surface area (Å²) in [6.07, 6.45) is 2.63. The molecule has 1 aliphatic rings. The van der Waals surface area contributed by atoms with Crippen LogP contribution >= 0.6 is 15.9 Å². The lowest BCUT2D eigenvalue weighted by Gasteiger charge is -2.36. The average molecular weight is 354 g/mol. The Morgan fingerprint density at radius 2 is 1.95 bits per heavy atom. The van der Waals surface area contributed by atoms with Gasteiger partial charge in [0.1, 0.15) is 5.54 Å². The summed E-state index contributed by atoms with van der Waals surface area (Å²) in [5.41, 5.74) is 0.229. The number of carboxylic acids is 1. The van der Waals surface area contributed by atoms with Gasteiger partial charge in [-0.2, -0.15) is 0 Å². The Bertz CT molecular complexity index is 563. The Labute approximate surface area is 133 Å². The van der Waals surface area contributed by atoms with Crippen LogP contribution in [0.2, 0.25) is 0 Å². The number of carbonyl (C=O) groups is 2. The van der Waals surface area contributed by atoms with E-state index in [2.05, 4.69) is 28.2 Å². The minimum Gasteiger partial charge on any atom is -0.480 e. The van der Waals surface area contributed by atoms with Gasteiger partial charge in [-0.25, -0.2) is 4.79 Å². The Hall–Kier alpha value is -1.36. The van der Waals surface area contributed by atoms with Gasteiger partial charge in [-0.05, 0) is 62.3 Å². The second kappa shape index (κ2) is 6.18. The number of aliphatic carboxylic acids is 1. The maximum absolute atomic E-state index is 12.4. The summed E-state index contributed by atoms with van der Waals surface area (Å²) < 4.78 is 0.899. The highest BCUT2D eigenvalue weighted by Gasteiger charge is 2.42. The monoisotopic (exact) mass is 353 g/mol. The van der Waals surface area contributed by atoms with Crippen molar-refractivity contribution in [1.82, 2.24) is 5.32 Å². The number of nitrogens with one attached hydrogen (secondary N) is 1. The van der Waals surface area contributed by atoms with Crippen LogP contribution in [0.3, 0.4) is 0 Å². The maximum Gasteiger partial charge on any atom is 0.329 e. The first kappa shape index (κ1) is 16.0. The van der Waals surface area contributed by atoms with Crippen molar-refractivity contribution in [3.8, 4) is 0 Å². The van der Waals surface area contributed by atoms with Crippen molar-refractivity contribution in [2.24, 2.45) is 5.92 Å². The molecule has 0 aliphatic heterocycles. The highest BCUT2D eigenvalue weighted by atomic mass is 79.9. The van der Waals surface area contributed by atoms with Crippen molar-refractivity contribution in [3.05, 3.63) is 33.8 Å². The zero-order valence-corrected chi connectivity index (χ0v) is 13.9. The summed E-state index contributed by atoms with van der Waals surface area (Å²) >= 11 is 3.36. The smallest absolute Gasteiger partial charge is 0.329 e. The van der Waals surface area contributed by atoms with Gasteiger partial charge >= 0.3 is 5.97 Å². The molecule has 0 saturated heterocycles. The molecule has 1 fully saturated rings. The molecule has 4 nitrogen and oxygen atoms in total. The van der Waals surface area contributed by atoms with Gasteiger partial charge in [-0.1, -0.05) is 22.9 Å². The first-order valence-corrected chi connectivity index (χ1v) is 7.95. The lowest BCUT2D eigenvalue weighted by Crippen LogP contribution is -2.56. The lowest BCUT2D eigenvalue weighted by molar-refractivity contribution is -0.146. The van der Waals surface area contributed by atoms with Crippen LogP contribution < -0.4 is 5.32 Å². The van der Waals surface area contributed by atoms with Crippen LogP contribution in [0.5, 0.6) is 0 Å². The minimum absolute atomic E-state index is 0.308. The molecular formula is C16H20BrNO3. The standard InChI is InChI=1S/C16H20BrNO3/c1-10-5-7-16(8-6-10,15(20)21)18-14(19)13-4-3-12(17)9-11(13)2/h3-4,9-10H,5-8H2,1-2H3,(H,18,19)(H,20,21). The second-order valence-corrected chi connectivity index (χ2v) is 6.90. The first-order chi connectivity index (χ1) is 9.84. The van der Waals surface area contributed by atoms with Gasteiger partial charge in [-0.3, -0.25) is 4.79 Å². The highest BCUT2D eigenvalue weighted by molar-refractivity contribution is 9.10. The van der Waals surface area contributed by atoms with Crippen LogP contribution in [0.15, 0.2) is 22.7 Å². The van der Waals surface area contributed by atoms with Crippen LogP contribution in [-0.4, -0.2) is 22.5 Å². The number of halogens is 1. The molecule has 2 rings (SSSR count). The van der Waals surface area contributed by atoms with E-state index in [1.807, 2.05) is 13.0 Å². The summed E-state index contributed by atoms with van der Waals surface area (Å²) in [6, 6.07) is 5.36. The molecule has 2 N–H and O–H groups in total. The predicted molar refractivity (Wildman–Crippen MR) is 84.3 cm³/mol. The summed E-state index contributed by atoms with van der Waals surface area (Å²) in [5.74, 6) is -0.724. The molecule has 0 atom stereocenters. The van der Waals surface area contributed by atoms with Gasteiger partial charge in [0.05, 0.1) is 0 Å². The van der Waals surface area contributed by atoms with Crippen molar-refractivity contribution in [2.75, 3.05) is 0 Å². The molecule has 5 heteroatoms. The number of hydrogen-bond donors (Lipinski definition) is 2. The molecule has 0 aromatic heterocycles. The third kappa shape index (κ3) is 3.46. The van der Waals surface area contributed by atoms with Crippen molar-refractivity contribution in [2.45, 2.75) is 45.1 Å². The highest BCUT2D eigenvalue weighted by Crippen LogP contribution is 2.32. The minimum atomic E-state index is -1.12. The SMILES string of the molecule is Cc1cc(Br)ccc1C(=O)NC1(C(=O)O)CCC(C)CC1. The Morgan fingerprint density at radius 3 is 2.48 bits per heavy atom. The largest absolute Gasteiger partial charge is 0.480 e. The van der Waals surface area contributed by atoms with Gasteiger partial charge in [-0.15, -0.1) is 0 Å². The Kier molecular flexibility index (Phi) is 4.71. The molecule has 0 spiro atoms. The van der Waals surface area contributed by atoms with Crippen molar-refractivity contribution >= 4 is 27.8 Å². The number of amides is 1. The topological polar surface area (TPSA) is 66.4 Å². The van der Waals surface area contributed by atoms with Crippen LogP contribution in [0.4, 0.5) is 0 Å². The summed E-state index contributed by atoms with van der Waals surface area (Å²) in [4.78, 5) is 24.1. The quantitative estimate of drug-likeness (QED) is 0.873. The number of carboxylic acid groups (broad SMARTS) is 1. The fourth-order valence-corrected chi connectivity index (χ4v) is 3.29. The van der Waals surface area contributed by atoms with E-state index < -0.39 is 11.5 Å². The van der Waals surface area contributed by atoms with Gasteiger partial charge in [0.25, 0.3) is 5.91 Å². The predicted octanol–water partition coefficient (Wildman–Crippen LogP) is 3.52. The van der Waals surface area contributed by atoms with Crippen molar-refractivity contribution in [1.29, 1.82) is 0 Å². The normalized spacial score (nSPS) is 25.4. The second-order valence-electron chi connectivity index (χ2n) is 5.98. The van der Waals surface area contributed by atoms with E-state index in [4.69, 9.17) is 0 Å². The number of benzene rings is 1. The number of hydrogen-bond acceptors (Lipinski definition) is 2. The summed E-state index contributed by atoms with van der Waals surface area (Å²) in [5, 5.41) is 12.3. The molecule has 1 saturated carbocycles. The lowest BCUT2D eigenvalue weighted by atomic mass is 9.77. The van der Waals surface area contributed by atoms with E-state index in [0.717, 1.165) is 22.9 Å². The van der Waals surface area contributed by atoms with Gasteiger partial charge in [0.2, 0.25) is 0 Å². The molecule has 1 aromatic rings. The van der Waals surface area contributed by atoms with Crippen molar-refractivity contribution < 1.29 is 14.7 Å². The third-order valence-corrected chi connectivity index (χ3v) is 4.82. The molecule has 21 heavy (non-hydrogen) atoms. The average Bonchev–Trinajstić information content (AvgIpc) is 2.41. The molecule has 1 amide bonds. The Balaban J connectivity index is 2.21. The van der Waals surface area contributed by atoms with E-state index in [1.165, 1.54) is 0 Å². The van der Waals surface area contributed by atoms with E-state index >= 15 is 0 Å². The number of aryl methyl sites for hydroxylation is 1. The van der Waals surface area contributed by atoms with E-state index in [9.17, 15) is 14.7 Å². The molecule has 114 valence electrons. The van der Waals surface area contributed by atoms with Crippen LogP contribution in [-0.2, 0) is 4.79 Å². The first-order valence-electron chi connectivity index (χ1n) is 7.16. The summed E-state index contributed by atoms with van der Waals surface area (Å²) in [7, 11) is 0. The zero-order chi connectivity index (χ0) is 15.6. The molecule has 1 aliphatic carbocycles. The van der Waals surface area contributed by atoms with Gasteiger partial charge in [0.15, 0.2) is 0 Å². The van der Waals surface area contributed by atoms with Gasteiger partial charge < -0.3 is 10.4 Å². The molecule has 0 bridgehead atoms. The van der Waals surface area contributed by atoms with E-state index in [0.29, 0.717) is 24.3 Å². The Morgan fingerprint density at radius 1 is 1.33 bits per heavy atom. The fraction of sp³-hybridized carbons (Fsp3) is 0.500. The van der Waals surface area contributed by atoms with E-state index in [-0.39, 0.29) is 5.91 Å². The van der Waals surface area contributed by atoms with Gasteiger partial charge in [0, 0.05) is 10.0 Å².